The molecule has 90 valence electrons. The standard InChI is InChI=1S/C10H17N3O3/c1-3-11-8(14)4-5-12-7-6-9(15)13(2)10(7)16/h7,12H,3-6H2,1-2H3,(H,11,14). The molecular formula is C10H17N3O3. The summed E-state index contributed by atoms with van der Waals surface area (Å²) in [5, 5.41) is 5.57. The van der Waals surface area contributed by atoms with Gasteiger partial charge in [-0.1, -0.05) is 0 Å². The first kappa shape index (κ1) is 12.6. The van der Waals surface area contributed by atoms with Gasteiger partial charge in [0.25, 0.3) is 0 Å². The number of carbonyl (C=O) groups is 3. The number of likely N-dealkylation sites (tertiary alicyclic amines) is 1. The average molecular weight is 227 g/mol. The lowest BCUT2D eigenvalue weighted by molar-refractivity contribution is -0.137. The molecule has 0 aliphatic carbocycles. The number of hydrogen-bond donors (Lipinski definition) is 2. The molecule has 0 spiro atoms. The molecule has 1 heterocycles. The van der Waals surface area contributed by atoms with Gasteiger partial charge in [0.15, 0.2) is 0 Å². The predicted octanol–water partition coefficient (Wildman–Crippen LogP) is -1.14. The third-order valence-electron chi connectivity index (χ3n) is 2.50. The lowest BCUT2D eigenvalue weighted by Crippen LogP contribution is -2.39. The van der Waals surface area contributed by atoms with Crippen molar-refractivity contribution in [1.29, 1.82) is 0 Å². The summed E-state index contributed by atoms with van der Waals surface area (Å²) in [6.45, 7) is 2.85. The van der Waals surface area contributed by atoms with Crippen LogP contribution in [0.1, 0.15) is 19.8 Å². The highest BCUT2D eigenvalue weighted by Gasteiger charge is 2.35. The van der Waals surface area contributed by atoms with Crippen molar-refractivity contribution in [3.63, 3.8) is 0 Å². The third-order valence-corrected chi connectivity index (χ3v) is 2.50. The van der Waals surface area contributed by atoms with E-state index >= 15 is 0 Å². The summed E-state index contributed by atoms with van der Waals surface area (Å²) in [7, 11) is 1.47. The summed E-state index contributed by atoms with van der Waals surface area (Å²) in [6.07, 6.45) is 0.500. The molecule has 1 rings (SSSR count). The molecule has 0 aromatic heterocycles. The Bertz CT molecular complexity index is 304. The van der Waals surface area contributed by atoms with Crippen LogP contribution in [0, 0.1) is 0 Å². The van der Waals surface area contributed by atoms with Crippen molar-refractivity contribution in [2.45, 2.75) is 25.8 Å². The van der Waals surface area contributed by atoms with Crippen molar-refractivity contribution < 1.29 is 14.4 Å². The summed E-state index contributed by atoms with van der Waals surface area (Å²) in [5.74, 6) is -0.457. The van der Waals surface area contributed by atoms with Crippen molar-refractivity contribution in [1.82, 2.24) is 15.5 Å². The van der Waals surface area contributed by atoms with Crippen LogP contribution >= 0.6 is 0 Å². The molecule has 1 saturated heterocycles. The summed E-state index contributed by atoms with van der Waals surface area (Å²) in [6, 6.07) is -0.466. The average Bonchev–Trinajstić information content (AvgIpc) is 2.47. The van der Waals surface area contributed by atoms with E-state index in [0.29, 0.717) is 19.5 Å². The van der Waals surface area contributed by atoms with Crippen LogP contribution in [-0.2, 0) is 14.4 Å². The molecular weight excluding hydrogens is 210 g/mol. The van der Waals surface area contributed by atoms with Gasteiger partial charge in [0, 0.05) is 26.6 Å². The monoisotopic (exact) mass is 227 g/mol. The molecule has 1 aliphatic heterocycles. The van der Waals surface area contributed by atoms with Crippen LogP contribution in [0.25, 0.3) is 0 Å². The van der Waals surface area contributed by atoms with Crippen molar-refractivity contribution in [2.75, 3.05) is 20.1 Å². The SMILES string of the molecule is CCNC(=O)CCNC1CC(=O)N(C)C1=O. The number of nitrogens with one attached hydrogen (secondary N) is 2. The Balaban J connectivity index is 2.26. The van der Waals surface area contributed by atoms with Crippen molar-refractivity contribution in [2.24, 2.45) is 0 Å². The first-order valence-electron chi connectivity index (χ1n) is 5.36. The number of amides is 3. The van der Waals surface area contributed by atoms with Gasteiger partial charge in [-0.25, -0.2) is 0 Å². The second-order valence-corrected chi connectivity index (χ2v) is 3.71. The van der Waals surface area contributed by atoms with E-state index < -0.39 is 6.04 Å². The Labute approximate surface area is 94.4 Å². The van der Waals surface area contributed by atoms with Crippen LogP contribution in [-0.4, -0.2) is 48.8 Å². The van der Waals surface area contributed by atoms with Crippen molar-refractivity contribution in [3.8, 4) is 0 Å². The molecule has 0 radical (unpaired) electrons. The quantitative estimate of drug-likeness (QED) is 0.582. The molecule has 1 atom stereocenters. The van der Waals surface area contributed by atoms with Crippen LogP contribution in [0.2, 0.25) is 0 Å². The van der Waals surface area contributed by atoms with Crippen LogP contribution in [0.4, 0.5) is 0 Å². The Morgan fingerprint density at radius 3 is 2.69 bits per heavy atom. The fraction of sp³-hybridized carbons (Fsp3) is 0.700. The van der Waals surface area contributed by atoms with Gasteiger partial charge in [0.1, 0.15) is 0 Å². The number of imide groups is 1. The van der Waals surface area contributed by atoms with E-state index in [2.05, 4.69) is 10.6 Å². The summed E-state index contributed by atoms with van der Waals surface area (Å²) in [5.41, 5.74) is 0. The minimum Gasteiger partial charge on any atom is -0.356 e. The van der Waals surface area contributed by atoms with Gasteiger partial charge in [-0.05, 0) is 6.92 Å². The Morgan fingerprint density at radius 2 is 2.19 bits per heavy atom. The normalized spacial score (nSPS) is 20.4. The molecule has 0 aromatic carbocycles. The first-order valence-corrected chi connectivity index (χ1v) is 5.36. The Kier molecular flexibility index (Phi) is 4.42. The smallest absolute Gasteiger partial charge is 0.246 e. The first-order chi connectivity index (χ1) is 7.56. The van der Waals surface area contributed by atoms with Gasteiger partial charge in [-0.15, -0.1) is 0 Å². The molecule has 0 bridgehead atoms. The van der Waals surface area contributed by atoms with E-state index in [1.54, 1.807) is 0 Å². The van der Waals surface area contributed by atoms with Gasteiger partial charge in [0.2, 0.25) is 17.7 Å². The Hall–Kier alpha value is -1.43. The second-order valence-electron chi connectivity index (χ2n) is 3.71. The lowest BCUT2D eigenvalue weighted by atomic mass is 10.2. The van der Waals surface area contributed by atoms with Gasteiger partial charge < -0.3 is 10.6 Å². The number of carbonyl (C=O) groups excluding carboxylic acids is 3. The highest BCUT2D eigenvalue weighted by Crippen LogP contribution is 2.09. The third kappa shape index (κ3) is 3.03. The van der Waals surface area contributed by atoms with Gasteiger partial charge in [0.05, 0.1) is 12.5 Å². The molecule has 2 N–H and O–H groups in total. The van der Waals surface area contributed by atoms with E-state index in [4.69, 9.17) is 0 Å². The van der Waals surface area contributed by atoms with E-state index in [9.17, 15) is 14.4 Å². The summed E-state index contributed by atoms with van der Waals surface area (Å²) >= 11 is 0. The maximum Gasteiger partial charge on any atom is 0.246 e. The van der Waals surface area contributed by atoms with E-state index in [-0.39, 0.29) is 24.1 Å². The fourth-order valence-corrected chi connectivity index (χ4v) is 1.56. The topological polar surface area (TPSA) is 78.5 Å². The van der Waals surface area contributed by atoms with Crippen LogP contribution in [0.3, 0.4) is 0 Å². The minimum absolute atomic E-state index is 0.0554. The molecule has 0 aromatic rings. The lowest BCUT2D eigenvalue weighted by Gasteiger charge is -2.10. The fourth-order valence-electron chi connectivity index (χ4n) is 1.56. The zero-order valence-electron chi connectivity index (χ0n) is 9.58. The molecule has 1 aliphatic rings. The minimum atomic E-state index is -0.466. The van der Waals surface area contributed by atoms with Gasteiger partial charge in [-0.2, -0.15) is 0 Å². The van der Waals surface area contributed by atoms with Crippen molar-refractivity contribution in [3.05, 3.63) is 0 Å². The van der Waals surface area contributed by atoms with E-state index in [1.807, 2.05) is 6.92 Å². The van der Waals surface area contributed by atoms with E-state index in [1.165, 1.54) is 7.05 Å². The molecule has 1 unspecified atom stereocenters. The van der Waals surface area contributed by atoms with Gasteiger partial charge >= 0.3 is 0 Å². The van der Waals surface area contributed by atoms with Crippen LogP contribution < -0.4 is 10.6 Å². The summed E-state index contributed by atoms with van der Waals surface area (Å²) < 4.78 is 0. The highest BCUT2D eigenvalue weighted by atomic mass is 16.2. The number of hydrogen-bond acceptors (Lipinski definition) is 4. The predicted molar refractivity (Wildman–Crippen MR) is 57.5 cm³/mol. The zero-order valence-corrected chi connectivity index (χ0v) is 9.58. The van der Waals surface area contributed by atoms with Gasteiger partial charge in [-0.3, -0.25) is 19.3 Å². The molecule has 3 amide bonds. The van der Waals surface area contributed by atoms with Crippen LogP contribution in [0.5, 0.6) is 0 Å². The maximum atomic E-state index is 11.5. The molecule has 6 heteroatoms. The zero-order chi connectivity index (χ0) is 12.1. The van der Waals surface area contributed by atoms with Crippen molar-refractivity contribution >= 4 is 17.7 Å². The number of nitrogens with zero attached hydrogens (tertiary/aromatic N) is 1. The number of likely N-dealkylation sites (N-methyl/N-ethyl adjacent to an activating group) is 1. The largest absolute Gasteiger partial charge is 0.356 e. The van der Waals surface area contributed by atoms with E-state index in [0.717, 1.165) is 4.90 Å². The van der Waals surface area contributed by atoms with Crippen LogP contribution in [0.15, 0.2) is 0 Å². The summed E-state index contributed by atoms with van der Waals surface area (Å²) in [4.78, 5) is 34.9. The molecule has 16 heavy (non-hydrogen) atoms. The maximum absolute atomic E-state index is 11.5. The molecule has 6 nitrogen and oxygen atoms in total. The molecule has 1 fully saturated rings. The highest BCUT2D eigenvalue weighted by molar-refractivity contribution is 6.05. The second kappa shape index (κ2) is 5.60. The Morgan fingerprint density at radius 1 is 1.50 bits per heavy atom. The number of rotatable bonds is 5. The molecule has 0 saturated carbocycles.